The molecule has 0 bridgehead atoms. The second kappa shape index (κ2) is 5.32. The molecule has 0 radical (unpaired) electrons. The average molecular weight is 282 g/mol. The monoisotopic (exact) mass is 282 g/mol. The van der Waals surface area contributed by atoms with Crippen molar-refractivity contribution in [2.45, 2.75) is 22.6 Å². The molecule has 94 valence electrons. The summed E-state index contributed by atoms with van der Waals surface area (Å²) in [6.07, 6.45) is 0.746. The first kappa shape index (κ1) is 12.8. The molecule has 0 saturated heterocycles. The number of nitrogens with zero attached hydrogens (tertiary/aromatic N) is 3. The van der Waals surface area contributed by atoms with Crippen LogP contribution in [0.4, 0.5) is 11.4 Å². The lowest BCUT2D eigenvalue weighted by Crippen LogP contribution is -1.97. The summed E-state index contributed by atoms with van der Waals surface area (Å²) in [5, 5.41) is 11.0. The molecular formula is C10H10N4O2S2. The van der Waals surface area contributed by atoms with E-state index in [-0.39, 0.29) is 11.4 Å². The second-order valence-electron chi connectivity index (χ2n) is 3.38. The third kappa shape index (κ3) is 2.59. The minimum absolute atomic E-state index is 0.0734. The van der Waals surface area contributed by atoms with Gasteiger partial charge in [0, 0.05) is 6.42 Å². The molecule has 1 aromatic carbocycles. The van der Waals surface area contributed by atoms with Crippen molar-refractivity contribution >= 4 is 34.7 Å². The van der Waals surface area contributed by atoms with E-state index in [9.17, 15) is 10.1 Å². The minimum Gasteiger partial charge on any atom is -0.393 e. The van der Waals surface area contributed by atoms with Crippen molar-refractivity contribution in [1.29, 1.82) is 0 Å². The van der Waals surface area contributed by atoms with Gasteiger partial charge in [0.15, 0.2) is 4.34 Å². The molecule has 0 spiro atoms. The molecule has 0 atom stereocenters. The highest BCUT2D eigenvalue weighted by Gasteiger charge is 2.19. The maximum absolute atomic E-state index is 11.0. The third-order valence-electron chi connectivity index (χ3n) is 2.18. The van der Waals surface area contributed by atoms with Crippen LogP contribution in [0, 0.1) is 10.1 Å². The van der Waals surface area contributed by atoms with Gasteiger partial charge < -0.3 is 5.73 Å². The Balaban J connectivity index is 2.34. The molecule has 2 N–H and O–H groups in total. The first-order valence-corrected chi connectivity index (χ1v) is 6.74. The van der Waals surface area contributed by atoms with E-state index in [1.807, 2.05) is 6.92 Å². The smallest absolute Gasteiger partial charge is 0.305 e. The van der Waals surface area contributed by atoms with Gasteiger partial charge in [-0.3, -0.25) is 10.1 Å². The van der Waals surface area contributed by atoms with Crippen LogP contribution in [0.2, 0.25) is 0 Å². The lowest BCUT2D eigenvalue weighted by molar-refractivity contribution is -0.386. The van der Waals surface area contributed by atoms with Gasteiger partial charge >= 0.3 is 5.69 Å². The number of nitro groups is 1. The van der Waals surface area contributed by atoms with Crippen molar-refractivity contribution in [3.8, 4) is 0 Å². The fourth-order valence-electron chi connectivity index (χ4n) is 1.33. The maximum atomic E-state index is 11.0. The molecule has 6 nitrogen and oxygen atoms in total. The van der Waals surface area contributed by atoms with Crippen molar-refractivity contribution in [3.63, 3.8) is 0 Å². The second-order valence-corrected chi connectivity index (χ2v) is 5.42. The Morgan fingerprint density at radius 3 is 2.94 bits per heavy atom. The fraction of sp³-hybridized carbons (Fsp3) is 0.200. The van der Waals surface area contributed by atoms with E-state index in [0.29, 0.717) is 9.24 Å². The van der Waals surface area contributed by atoms with E-state index in [2.05, 4.69) is 9.36 Å². The number of benzene rings is 1. The van der Waals surface area contributed by atoms with Crippen molar-refractivity contribution in [3.05, 3.63) is 34.1 Å². The Morgan fingerprint density at radius 1 is 1.56 bits per heavy atom. The van der Waals surface area contributed by atoms with Gasteiger partial charge in [-0.15, -0.1) is 0 Å². The summed E-state index contributed by atoms with van der Waals surface area (Å²) in [4.78, 5) is 15.2. The topological polar surface area (TPSA) is 94.9 Å². The number of aryl methyl sites for hydroxylation is 1. The highest BCUT2D eigenvalue weighted by atomic mass is 32.2. The number of nitrogens with two attached hydrogens (primary N) is 1. The summed E-state index contributed by atoms with van der Waals surface area (Å²) in [5.74, 6) is 0.744. The van der Waals surface area contributed by atoms with Crippen LogP contribution in [0.5, 0.6) is 0 Å². The summed E-state index contributed by atoms with van der Waals surface area (Å²) >= 11 is 2.45. The molecule has 0 aliphatic carbocycles. The number of hydrogen-bond donors (Lipinski definition) is 1. The highest BCUT2D eigenvalue weighted by Crippen LogP contribution is 2.38. The van der Waals surface area contributed by atoms with Crippen molar-refractivity contribution < 1.29 is 4.92 Å². The van der Waals surface area contributed by atoms with Crippen LogP contribution in [0.15, 0.2) is 27.4 Å². The van der Waals surface area contributed by atoms with Gasteiger partial charge in [0.2, 0.25) is 0 Å². The molecule has 2 rings (SSSR count). The van der Waals surface area contributed by atoms with Gasteiger partial charge in [-0.1, -0.05) is 24.8 Å². The summed E-state index contributed by atoms with van der Waals surface area (Å²) in [6.45, 7) is 1.96. The van der Waals surface area contributed by atoms with E-state index >= 15 is 0 Å². The first-order chi connectivity index (χ1) is 8.61. The van der Waals surface area contributed by atoms with Gasteiger partial charge in [-0.05, 0) is 23.7 Å². The Bertz CT molecular complexity index is 585. The molecule has 1 aromatic heterocycles. The quantitative estimate of drug-likeness (QED) is 0.526. The predicted molar refractivity (Wildman–Crippen MR) is 70.9 cm³/mol. The third-order valence-corrected chi connectivity index (χ3v) is 4.01. The van der Waals surface area contributed by atoms with Gasteiger partial charge in [0.05, 0.1) is 9.82 Å². The number of para-hydroxylation sites is 1. The van der Waals surface area contributed by atoms with Crippen LogP contribution in [-0.2, 0) is 6.42 Å². The molecular weight excluding hydrogens is 272 g/mol. The standard InChI is InChI=1S/C10H10N4O2S2/c1-2-8-12-10(18-13-8)17-7-5-3-4-6(11)9(7)14(15)16/h3-5H,2,11H2,1H3. The zero-order chi connectivity index (χ0) is 13.1. The van der Waals surface area contributed by atoms with E-state index in [0.717, 1.165) is 12.2 Å². The minimum atomic E-state index is -0.473. The van der Waals surface area contributed by atoms with Crippen LogP contribution in [0.3, 0.4) is 0 Å². The summed E-state index contributed by atoms with van der Waals surface area (Å²) in [5.41, 5.74) is 5.70. The van der Waals surface area contributed by atoms with Crippen molar-refractivity contribution in [2.24, 2.45) is 0 Å². The van der Waals surface area contributed by atoms with Gasteiger partial charge in [-0.2, -0.15) is 4.37 Å². The molecule has 0 saturated carbocycles. The Hall–Kier alpha value is -1.67. The number of rotatable bonds is 4. The van der Waals surface area contributed by atoms with Gasteiger partial charge in [0.1, 0.15) is 11.5 Å². The maximum Gasteiger partial charge on any atom is 0.305 e. The van der Waals surface area contributed by atoms with Crippen LogP contribution in [-0.4, -0.2) is 14.3 Å². The largest absolute Gasteiger partial charge is 0.393 e. The Kier molecular flexibility index (Phi) is 3.78. The van der Waals surface area contributed by atoms with Crippen LogP contribution in [0.25, 0.3) is 0 Å². The summed E-state index contributed by atoms with van der Waals surface area (Å²) in [7, 11) is 0. The van der Waals surface area contributed by atoms with Crippen LogP contribution >= 0.6 is 23.3 Å². The van der Waals surface area contributed by atoms with E-state index in [1.165, 1.54) is 29.4 Å². The highest BCUT2D eigenvalue weighted by molar-refractivity contribution is 8.01. The Morgan fingerprint density at radius 2 is 2.33 bits per heavy atom. The number of anilines is 1. The van der Waals surface area contributed by atoms with E-state index in [4.69, 9.17) is 5.73 Å². The molecule has 0 aliphatic rings. The lowest BCUT2D eigenvalue weighted by Gasteiger charge is -2.02. The average Bonchev–Trinajstić information content (AvgIpc) is 2.76. The van der Waals surface area contributed by atoms with Gasteiger partial charge in [0.25, 0.3) is 0 Å². The number of aromatic nitrogens is 2. The van der Waals surface area contributed by atoms with Gasteiger partial charge in [-0.25, -0.2) is 4.98 Å². The number of nitro benzene ring substituents is 1. The van der Waals surface area contributed by atoms with Crippen molar-refractivity contribution in [2.75, 3.05) is 5.73 Å². The number of hydrogen-bond acceptors (Lipinski definition) is 7. The number of nitrogen functional groups attached to an aromatic ring is 1. The molecule has 18 heavy (non-hydrogen) atoms. The molecule has 0 aliphatic heterocycles. The molecule has 0 fully saturated rings. The fourth-order valence-corrected chi connectivity index (χ4v) is 3.14. The normalized spacial score (nSPS) is 10.5. The van der Waals surface area contributed by atoms with Crippen molar-refractivity contribution in [1.82, 2.24) is 9.36 Å². The zero-order valence-electron chi connectivity index (χ0n) is 9.49. The lowest BCUT2D eigenvalue weighted by atomic mass is 10.3. The molecule has 2 aromatic rings. The van der Waals surface area contributed by atoms with E-state index in [1.54, 1.807) is 12.1 Å². The molecule has 1 heterocycles. The molecule has 8 heteroatoms. The molecule has 0 unspecified atom stereocenters. The van der Waals surface area contributed by atoms with Crippen LogP contribution < -0.4 is 5.73 Å². The summed E-state index contributed by atoms with van der Waals surface area (Å²) in [6, 6.07) is 4.86. The Labute approximate surface area is 112 Å². The first-order valence-electron chi connectivity index (χ1n) is 5.15. The molecule has 0 amide bonds. The summed E-state index contributed by atoms with van der Waals surface area (Å²) < 4.78 is 4.82. The zero-order valence-corrected chi connectivity index (χ0v) is 11.1. The predicted octanol–water partition coefficient (Wildman–Crippen LogP) is 2.74. The van der Waals surface area contributed by atoms with Crippen LogP contribution in [0.1, 0.15) is 12.7 Å². The van der Waals surface area contributed by atoms with E-state index < -0.39 is 4.92 Å². The SMILES string of the molecule is CCc1nsc(Sc2cccc(N)c2[N+](=O)[O-])n1.